The lowest BCUT2D eigenvalue weighted by Gasteiger charge is -2.26. The zero-order chi connectivity index (χ0) is 14.9. The number of hydrogen-bond donors (Lipinski definition) is 0. The third kappa shape index (κ3) is 2.31. The standard InChI is InChI=1S/C17H17N3OS/c21-17(19-10-4-1-5-11-19)15-8-9-16(22-15)20-12-18-13-6-2-3-7-14(13)20/h2-3,6-9,12H,1,4-5,10-11H2. The number of nitrogens with zero attached hydrogens (tertiary/aromatic N) is 3. The number of imidazole rings is 1. The van der Waals surface area contributed by atoms with Crippen LogP contribution < -0.4 is 0 Å². The SMILES string of the molecule is O=C(c1ccc(-n2cnc3ccccc32)s1)N1CCCCC1. The van der Waals surface area contributed by atoms with Crippen molar-refractivity contribution in [2.24, 2.45) is 0 Å². The Kier molecular flexibility index (Phi) is 3.42. The number of para-hydroxylation sites is 2. The van der Waals surface area contributed by atoms with Crippen LogP contribution in [0.25, 0.3) is 16.0 Å². The summed E-state index contributed by atoms with van der Waals surface area (Å²) in [7, 11) is 0. The van der Waals surface area contributed by atoms with Crippen LogP contribution in [0.3, 0.4) is 0 Å². The molecule has 1 aliphatic rings. The van der Waals surface area contributed by atoms with E-state index in [1.165, 1.54) is 17.8 Å². The van der Waals surface area contributed by atoms with Gasteiger partial charge in [-0.15, -0.1) is 11.3 Å². The molecule has 1 amide bonds. The average Bonchev–Trinajstić information content (AvgIpc) is 3.21. The van der Waals surface area contributed by atoms with Crippen molar-refractivity contribution >= 4 is 28.3 Å². The molecule has 1 aromatic carbocycles. The van der Waals surface area contributed by atoms with Crippen molar-refractivity contribution in [3.8, 4) is 5.00 Å². The van der Waals surface area contributed by atoms with E-state index in [2.05, 4.69) is 4.98 Å². The van der Waals surface area contributed by atoms with Gasteiger partial charge in [-0.05, 0) is 43.5 Å². The zero-order valence-electron chi connectivity index (χ0n) is 12.2. The molecule has 1 fully saturated rings. The zero-order valence-corrected chi connectivity index (χ0v) is 13.1. The average molecular weight is 311 g/mol. The van der Waals surface area contributed by atoms with Crippen LogP contribution in [0.2, 0.25) is 0 Å². The van der Waals surface area contributed by atoms with Crippen LogP contribution in [0.1, 0.15) is 28.9 Å². The highest BCUT2D eigenvalue weighted by Crippen LogP contribution is 2.26. The van der Waals surface area contributed by atoms with E-state index in [4.69, 9.17) is 0 Å². The molecule has 4 rings (SSSR count). The molecule has 3 heterocycles. The van der Waals surface area contributed by atoms with Crippen LogP contribution in [0.5, 0.6) is 0 Å². The highest BCUT2D eigenvalue weighted by Gasteiger charge is 2.20. The summed E-state index contributed by atoms with van der Waals surface area (Å²) in [5.41, 5.74) is 2.04. The monoisotopic (exact) mass is 311 g/mol. The normalized spacial score (nSPS) is 15.4. The lowest BCUT2D eigenvalue weighted by Crippen LogP contribution is -2.35. The maximum atomic E-state index is 12.6. The fourth-order valence-electron chi connectivity index (χ4n) is 2.96. The van der Waals surface area contributed by atoms with Crippen LogP contribution in [0, 0.1) is 0 Å². The summed E-state index contributed by atoms with van der Waals surface area (Å²) >= 11 is 1.54. The molecule has 0 radical (unpaired) electrons. The minimum atomic E-state index is 0.167. The molecule has 0 spiro atoms. The number of rotatable bonds is 2. The van der Waals surface area contributed by atoms with Crippen molar-refractivity contribution < 1.29 is 4.79 Å². The van der Waals surface area contributed by atoms with Gasteiger partial charge in [0, 0.05) is 13.1 Å². The predicted octanol–water partition coefficient (Wildman–Crippen LogP) is 3.71. The maximum absolute atomic E-state index is 12.6. The first-order valence-electron chi connectivity index (χ1n) is 7.64. The highest BCUT2D eigenvalue weighted by molar-refractivity contribution is 7.16. The van der Waals surface area contributed by atoms with Crippen molar-refractivity contribution in [3.05, 3.63) is 47.6 Å². The number of benzene rings is 1. The van der Waals surface area contributed by atoms with Crippen molar-refractivity contribution in [2.45, 2.75) is 19.3 Å². The number of carbonyl (C=O) groups excluding carboxylic acids is 1. The number of likely N-dealkylation sites (tertiary alicyclic amines) is 1. The van der Waals surface area contributed by atoms with Gasteiger partial charge in [0.05, 0.1) is 15.9 Å². The summed E-state index contributed by atoms with van der Waals surface area (Å²) in [6.07, 6.45) is 5.30. The molecule has 4 nitrogen and oxygen atoms in total. The van der Waals surface area contributed by atoms with E-state index in [0.717, 1.165) is 46.8 Å². The lowest BCUT2D eigenvalue weighted by atomic mass is 10.1. The fraction of sp³-hybridized carbons (Fsp3) is 0.294. The first-order valence-corrected chi connectivity index (χ1v) is 8.46. The van der Waals surface area contributed by atoms with Crippen molar-refractivity contribution in [1.82, 2.24) is 14.5 Å². The molecular formula is C17H17N3OS. The Balaban J connectivity index is 1.65. The predicted molar refractivity (Wildman–Crippen MR) is 88.7 cm³/mol. The quantitative estimate of drug-likeness (QED) is 0.723. The molecule has 1 saturated heterocycles. The van der Waals surface area contributed by atoms with Gasteiger partial charge >= 0.3 is 0 Å². The number of hydrogen-bond acceptors (Lipinski definition) is 3. The second-order valence-electron chi connectivity index (χ2n) is 5.59. The van der Waals surface area contributed by atoms with E-state index in [1.807, 2.05) is 52.2 Å². The Hall–Kier alpha value is -2.14. The Morgan fingerprint density at radius 3 is 2.73 bits per heavy atom. The van der Waals surface area contributed by atoms with Crippen LogP contribution in [0.4, 0.5) is 0 Å². The molecular weight excluding hydrogens is 294 g/mol. The molecule has 1 aliphatic heterocycles. The van der Waals surface area contributed by atoms with E-state index in [1.54, 1.807) is 0 Å². The molecule has 112 valence electrons. The first-order chi connectivity index (χ1) is 10.8. The third-order valence-corrected chi connectivity index (χ3v) is 5.21. The molecule has 0 aliphatic carbocycles. The molecule has 0 N–H and O–H groups in total. The van der Waals surface area contributed by atoms with Crippen molar-refractivity contribution in [2.75, 3.05) is 13.1 Å². The van der Waals surface area contributed by atoms with Crippen LogP contribution >= 0.6 is 11.3 Å². The van der Waals surface area contributed by atoms with Gasteiger partial charge in [-0.2, -0.15) is 0 Å². The maximum Gasteiger partial charge on any atom is 0.263 e. The summed E-state index contributed by atoms with van der Waals surface area (Å²) in [5.74, 6) is 0.167. The second kappa shape index (κ2) is 5.57. The van der Waals surface area contributed by atoms with Gasteiger partial charge in [0.2, 0.25) is 0 Å². The van der Waals surface area contributed by atoms with Crippen molar-refractivity contribution in [1.29, 1.82) is 0 Å². The van der Waals surface area contributed by atoms with E-state index >= 15 is 0 Å². The highest BCUT2D eigenvalue weighted by atomic mass is 32.1. The van der Waals surface area contributed by atoms with Gasteiger partial charge in [0.1, 0.15) is 11.3 Å². The summed E-state index contributed by atoms with van der Waals surface area (Å²) in [6, 6.07) is 12.0. The molecule has 22 heavy (non-hydrogen) atoms. The molecule has 0 atom stereocenters. The number of carbonyl (C=O) groups is 1. The van der Waals surface area contributed by atoms with Gasteiger partial charge in [0.15, 0.2) is 0 Å². The number of thiophene rings is 1. The fourth-order valence-corrected chi connectivity index (χ4v) is 3.92. The van der Waals surface area contributed by atoms with E-state index in [-0.39, 0.29) is 5.91 Å². The second-order valence-corrected chi connectivity index (χ2v) is 6.66. The van der Waals surface area contributed by atoms with Crippen LogP contribution in [0.15, 0.2) is 42.7 Å². The topological polar surface area (TPSA) is 38.1 Å². The van der Waals surface area contributed by atoms with Crippen LogP contribution in [-0.4, -0.2) is 33.4 Å². The summed E-state index contributed by atoms with van der Waals surface area (Å²) in [5, 5.41) is 1.04. The Morgan fingerprint density at radius 1 is 1.05 bits per heavy atom. The lowest BCUT2D eigenvalue weighted by molar-refractivity contribution is 0.0729. The van der Waals surface area contributed by atoms with Crippen LogP contribution in [-0.2, 0) is 0 Å². The van der Waals surface area contributed by atoms with Gasteiger partial charge in [-0.1, -0.05) is 12.1 Å². The Labute approximate surface area is 133 Å². The number of fused-ring (bicyclic) bond motifs is 1. The van der Waals surface area contributed by atoms with E-state index < -0.39 is 0 Å². The van der Waals surface area contributed by atoms with E-state index in [0.29, 0.717) is 0 Å². The minimum Gasteiger partial charge on any atom is -0.338 e. The van der Waals surface area contributed by atoms with Crippen molar-refractivity contribution in [3.63, 3.8) is 0 Å². The van der Waals surface area contributed by atoms with Gasteiger partial charge in [-0.25, -0.2) is 4.98 Å². The van der Waals surface area contributed by atoms with E-state index in [9.17, 15) is 4.79 Å². The summed E-state index contributed by atoms with van der Waals surface area (Å²) < 4.78 is 2.05. The number of piperidine rings is 1. The molecule has 0 saturated carbocycles. The summed E-state index contributed by atoms with van der Waals surface area (Å²) in [4.78, 5) is 19.8. The summed E-state index contributed by atoms with van der Waals surface area (Å²) in [6.45, 7) is 1.78. The molecule has 5 heteroatoms. The first kappa shape index (κ1) is 13.5. The molecule has 3 aromatic rings. The molecule has 0 bridgehead atoms. The molecule has 0 unspecified atom stereocenters. The van der Waals surface area contributed by atoms with Gasteiger partial charge in [-0.3, -0.25) is 9.36 Å². The largest absolute Gasteiger partial charge is 0.338 e. The van der Waals surface area contributed by atoms with Gasteiger partial charge < -0.3 is 4.90 Å². The number of aromatic nitrogens is 2. The Bertz CT molecular complexity index is 814. The Morgan fingerprint density at radius 2 is 1.86 bits per heavy atom. The smallest absolute Gasteiger partial charge is 0.263 e. The third-order valence-electron chi connectivity index (χ3n) is 4.14. The minimum absolute atomic E-state index is 0.167. The molecule has 2 aromatic heterocycles. The number of amides is 1. The van der Waals surface area contributed by atoms with Gasteiger partial charge in [0.25, 0.3) is 5.91 Å².